The summed E-state index contributed by atoms with van der Waals surface area (Å²) in [6.45, 7) is 10.8. The summed E-state index contributed by atoms with van der Waals surface area (Å²) in [6.07, 6.45) is 8.40. The normalized spacial score (nSPS) is 32.1. The highest BCUT2D eigenvalue weighted by Gasteiger charge is 2.24. The number of likely N-dealkylation sites (N-methyl/N-ethyl adjacent to an activating group) is 2. The summed E-state index contributed by atoms with van der Waals surface area (Å²) < 4.78 is 0. The molecule has 0 aromatic carbocycles. The number of hydrogen-bond donors (Lipinski definition) is 1. The van der Waals surface area contributed by atoms with Crippen LogP contribution < -0.4 is 5.32 Å². The van der Waals surface area contributed by atoms with Crippen LogP contribution in [0.2, 0.25) is 0 Å². The molecule has 118 valence electrons. The summed E-state index contributed by atoms with van der Waals surface area (Å²) in [5, 5.41) is 3.77. The molecule has 3 nitrogen and oxygen atoms in total. The maximum absolute atomic E-state index is 3.77. The molecule has 1 unspecified atom stereocenters. The zero-order valence-electron chi connectivity index (χ0n) is 13.9. The first-order chi connectivity index (χ1) is 9.69. The van der Waals surface area contributed by atoms with E-state index in [1.807, 2.05) is 0 Å². The molecule has 1 aliphatic carbocycles. The highest BCUT2D eigenvalue weighted by molar-refractivity contribution is 4.81. The van der Waals surface area contributed by atoms with Gasteiger partial charge in [0.2, 0.25) is 0 Å². The van der Waals surface area contributed by atoms with E-state index < -0.39 is 0 Å². The Morgan fingerprint density at radius 2 is 1.90 bits per heavy atom. The molecule has 0 amide bonds. The van der Waals surface area contributed by atoms with Gasteiger partial charge in [-0.15, -0.1) is 0 Å². The van der Waals surface area contributed by atoms with Crippen LogP contribution in [-0.2, 0) is 0 Å². The summed E-state index contributed by atoms with van der Waals surface area (Å²) in [7, 11) is 2.29. The predicted molar refractivity (Wildman–Crippen MR) is 87.2 cm³/mol. The largest absolute Gasteiger partial charge is 0.313 e. The highest BCUT2D eigenvalue weighted by atomic mass is 15.2. The lowest BCUT2D eigenvalue weighted by Crippen LogP contribution is -2.42. The molecule has 20 heavy (non-hydrogen) atoms. The van der Waals surface area contributed by atoms with Crippen LogP contribution >= 0.6 is 0 Å². The third-order valence-electron chi connectivity index (χ3n) is 5.37. The van der Waals surface area contributed by atoms with E-state index in [0.717, 1.165) is 24.5 Å². The third kappa shape index (κ3) is 5.01. The molecule has 1 heterocycles. The Labute approximate surface area is 126 Å². The molecule has 1 aliphatic heterocycles. The molecular weight excluding hydrogens is 246 g/mol. The first kappa shape index (κ1) is 16.3. The van der Waals surface area contributed by atoms with Gasteiger partial charge in [0.25, 0.3) is 0 Å². The second kappa shape index (κ2) is 8.35. The van der Waals surface area contributed by atoms with E-state index in [1.165, 1.54) is 64.7 Å². The van der Waals surface area contributed by atoms with E-state index in [2.05, 4.69) is 36.0 Å². The van der Waals surface area contributed by atoms with Gasteiger partial charge in [0.15, 0.2) is 0 Å². The lowest BCUT2D eigenvalue weighted by molar-refractivity contribution is 0.196. The Balaban J connectivity index is 1.57. The predicted octanol–water partition coefficient (Wildman–Crippen LogP) is 2.57. The van der Waals surface area contributed by atoms with Gasteiger partial charge >= 0.3 is 0 Å². The van der Waals surface area contributed by atoms with Crippen molar-refractivity contribution in [2.24, 2.45) is 5.92 Å². The molecule has 2 rings (SSSR count). The van der Waals surface area contributed by atoms with E-state index in [4.69, 9.17) is 0 Å². The van der Waals surface area contributed by atoms with Crippen LogP contribution in [-0.4, -0.2) is 61.7 Å². The van der Waals surface area contributed by atoms with Gasteiger partial charge in [0, 0.05) is 31.7 Å². The van der Waals surface area contributed by atoms with E-state index in [9.17, 15) is 0 Å². The van der Waals surface area contributed by atoms with Gasteiger partial charge < -0.3 is 10.2 Å². The Morgan fingerprint density at radius 1 is 1.15 bits per heavy atom. The highest BCUT2D eigenvalue weighted by Crippen LogP contribution is 2.23. The van der Waals surface area contributed by atoms with Crippen molar-refractivity contribution in [1.29, 1.82) is 0 Å². The quantitative estimate of drug-likeness (QED) is 0.774. The zero-order chi connectivity index (χ0) is 14.4. The molecule has 0 aromatic heterocycles. The molecule has 1 N–H and O–H groups in total. The minimum absolute atomic E-state index is 0.790. The average Bonchev–Trinajstić information content (AvgIpc) is 2.88. The maximum Gasteiger partial charge on any atom is 0.0223 e. The van der Waals surface area contributed by atoms with E-state index >= 15 is 0 Å². The fourth-order valence-corrected chi connectivity index (χ4v) is 3.89. The SMILES string of the molecule is CCN1CCCC1CN(C)CCNC1CCC(C)CC1. The average molecular weight is 281 g/mol. The van der Waals surface area contributed by atoms with Gasteiger partial charge in [-0.1, -0.05) is 13.8 Å². The minimum Gasteiger partial charge on any atom is -0.313 e. The Morgan fingerprint density at radius 3 is 2.60 bits per heavy atom. The second-order valence-corrected chi connectivity index (χ2v) is 7.10. The van der Waals surface area contributed by atoms with Crippen LogP contribution in [0.4, 0.5) is 0 Å². The van der Waals surface area contributed by atoms with Gasteiger partial charge in [-0.2, -0.15) is 0 Å². The fourth-order valence-electron chi connectivity index (χ4n) is 3.89. The maximum atomic E-state index is 3.77. The van der Waals surface area contributed by atoms with E-state index in [1.54, 1.807) is 0 Å². The standard InChI is InChI=1S/C17H35N3/c1-4-20-12-5-6-17(20)14-19(3)13-11-18-16-9-7-15(2)8-10-16/h15-18H,4-14H2,1-3H3. The molecule has 2 aliphatic rings. The summed E-state index contributed by atoms with van der Waals surface area (Å²) in [5.74, 6) is 0.957. The lowest BCUT2D eigenvalue weighted by Gasteiger charge is -2.30. The van der Waals surface area contributed by atoms with Crippen molar-refractivity contribution in [1.82, 2.24) is 15.1 Å². The van der Waals surface area contributed by atoms with Gasteiger partial charge in [-0.05, 0) is 64.6 Å². The molecule has 0 aromatic rings. The van der Waals surface area contributed by atoms with Crippen LogP contribution in [0.5, 0.6) is 0 Å². The van der Waals surface area contributed by atoms with E-state index in [0.29, 0.717) is 0 Å². The van der Waals surface area contributed by atoms with Crippen LogP contribution in [0.3, 0.4) is 0 Å². The molecule has 1 atom stereocenters. The number of nitrogens with one attached hydrogen (secondary N) is 1. The first-order valence-corrected chi connectivity index (χ1v) is 8.85. The summed E-state index contributed by atoms with van der Waals surface area (Å²) in [5.41, 5.74) is 0. The Kier molecular flexibility index (Phi) is 6.79. The van der Waals surface area contributed by atoms with Gasteiger partial charge in [0.05, 0.1) is 0 Å². The monoisotopic (exact) mass is 281 g/mol. The molecule has 2 fully saturated rings. The summed E-state index contributed by atoms with van der Waals surface area (Å²) in [6, 6.07) is 1.60. The minimum atomic E-state index is 0.790. The molecular formula is C17H35N3. The van der Waals surface area contributed by atoms with Crippen molar-refractivity contribution in [3.8, 4) is 0 Å². The third-order valence-corrected chi connectivity index (χ3v) is 5.37. The summed E-state index contributed by atoms with van der Waals surface area (Å²) >= 11 is 0. The molecule has 1 saturated heterocycles. The van der Waals surface area contributed by atoms with Crippen LogP contribution in [0, 0.1) is 5.92 Å². The molecule has 0 radical (unpaired) electrons. The van der Waals surface area contributed by atoms with Gasteiger partial charge in [-0.25, -0.2) is 0 Å². The van der Waals surface area contributed by atoms with Crippen LogP contribution in [0.25, 0.3) is 0 Å². The Bertz CT molecular complexity index is 261. The molecule has 0 bridgehead atoms. The van der Waals surface area contributed by atoms with Crippen molar-refractivity contribution in [2.75, 3.05) is 39.8 Å². The number of nitrogens with zero attached hydrogens (tertiary/aromatic N) is 2. The van der Waals surface area contributed by atoms with Crippen molar-refractivity contribution >= 4 is 0 Å². The van der Waals surface area contributed by atoms with E-state index in [-0.39, 0.29) is 0 Å². The molecule has 0 spiro atoms. The van der Waals surface area contributed by atoms with Crippen molar-refractivity contribution in [3.05, 3.63) is 0 Å². The lowest BCUT2D eigenvalue weighted by atomic mass is 9.87. The fraction of sp³-hybridized carbons (Fsp3) is 1.00. The van der Waals surface area contributed by atoms with Crippen molar-refractivity contribution in [2.45, 2.75) is 64.5 Å². The number of rotatable bonds is 7. The van der Waals surface area contributed by atoms with Crippen LogP contribution in [0.15, 0.2) is 0 Å². The smallest absolute Gasteiger partial charge is 0.0223 e. The zero-order valence-corrected chi connectivity index (χ0v) is 13.9. The van der Waals surface area contributed by atoms with Crippen molar-refractivity contribution < 1.29 is 0 Å². The van der Waals surface area contributed by atoms with Crippen molar-refractivity contribution in [3.63, 3.8) is 0 Å². The first-order valence-electron chi connectivity index (χ1n) is 8.85. The Hall–Kier alpha value is -0.120. The topological polar surface area (TPSA) is 18.5 Å². The molecule has 1 saturated carbocycles. The van der Waals surface area contributed by atoms with Gasteiger partial charge in [-0.3, -0.25) is 4.90 Å². The van der Waals surface area contributed by atoms with Gasteiger partial charge in [0.1, 0.15) is 0 Å². The second-order valence-electron chi connectivity index (χ2n) is 7.10. The summed E-state index contributed by atoms with van der Waals surface area (Å²) in [4.78, 5) is 5.17. The van der Waals surface area contributed by atoms with Crippen LogP contribution in [0.1, 0.15) is 52.4 Å². The molecule has 3 heteroatoms. The number of hydrogen-bond acceptors (Lipinski definition) is 3. The number of likely N-dealkylation sites (tertiary alicyclic amines) is 1.